The number of anilines is 1. The van der Waals surface area contributed by atoms with Crippen molar-refractivity contribution in [3.05, 3.63) is 41.6 Å². The van der Waals surface area contributed by atoms with E-state index in [0.29, 0.717) is 24.7 Å². The van der Waals surface area contributed by atoms with Gasteiger partial charge in [0.2, 0.25) is 0 Å². The molecule has 3 N–H and O–H groups in total. The van der Waals surface area contributed by atoms with Gasteiger partial charge in [-0.3, -0.25) is 4.79 Å². The van der Waals surface area contributed by atoms with Gasteiger partial charge in [0.15, 0.2) is 0 Å². The molecule has 27 heavy (non-hydrogen) atoms. The first-order valence-corrected chi connectivity index (χ1v) is 8.84. The lowest BCUT2D eigenvalue weighted by Gasteiger charge is -2.19. The van der Waals surface area contributed by atoms with Crippen LogP contribution in [0.2, 0.25) is 0 Å². The number of carbonyl (C=O) groups excluding carboxylic acids is 2. The predicted molar refractivity (Wildman–Crippen MR) is 105 cm³/mol. The van der Waals surface area contributed by atoms with Crippen LogP contribution in [0, 0.1) is 11.3 Å². The molecule has 0 fully saturated rings. The number of nitrogens with one attached hydrogen (secondary N) is 3. The van der Waals surface area contributed by atoms with E-state index in [2.05, 4.69) is 29.8 Å². The smallest absolute Gasteiger partial charge is 0.407 e. The van der Waals surface area contributed by atoms with Crippen LogP contribution in [-0.2, 0) is 9.53 Å². The number of benzene rings is 1. The van der Waals surface area contributed by atoms with Crippen molar-refractivity contribution in [2.24, 2.45) is 0 Å². The van der Waals surface area contributed by atoms with Gasteiger partial charge in [-0.15, -0.1) is 0 Å². The third-order valence-corrected chi connectivity index (χ3v) is 3.38. The Morgan fingerprint density at radius 1 is 1.19 bits per heavy atom. The van der Waals surface area contributed by atoms with Crippen LogP contribution in [-0.4, -0.2) is 30.7 Å². The maximum atomic E-state index is 12.2. The molecule has 0 radical (unpaired) electrons. The second kappa shape index (κ2) is 10.2. The molecule has 1 aromatic rings. The summed E-state index contributed by atoms with van der Waals surface area (Å²) < 4.78 is 5.10. The molecule has 0 saturated heterocycles. The average molecular weight is 372 g/mol. The molecule has 2 amide bonds. The molecule has 0 aromatic heterocycles. The first-order valence-electron chi connectivity index (χ1n) is 8.84. The van der Waals surface area contributed by atoms with Gasteiger partial charge < -0.3 is 20.7 Å². The second-order valence-corrected chi connectivity index (χ2v) is 7.28. The van der Waals surface area contributed by atoms with E-state index >= 15 is 0 Å². The Bertz CT molecular complexity index is 710. The van der Waals surface area contributed by atoms with Gasteiger partial charge in [0, 0.05) is 25.0 Å². The fourth-order valence-corrected chi connectivity index (χ4v) is 2.02. The first kappa shape index (κ1) is 22.0. The largest absolute Gasteiger partial charge is 0.444 e. The molecular formula is C20H28N4O3. The Labute approximate surface area is 160 Å². The number of carbonyl (C=O) groups is 2. The van der Waals surface area contributed by atoms with Gasteiger partial charge in [-0.2, -0.15) is 5.26 Å². The molecule has 0 unspecified atom stereocenters. The van der Waals surface area contributed by atoms with Crippen molar-refractivity contribution < 1.29 is 14.3 Å². The predicted octanol–water partition coefficient (Wildman–Crippen LogP) is 3.27. The van der Waals surface area contributed by atoms with E-state index in [1.807, 2.05) is 18.2 Å². The SMILES string of the molecule is CC(C)c1ccc(NC(=O)/C(C#N)=C\NCCNC(=O)OC(C)(C)C)cc1. The zero-order chi connectivity index (χ0) is 20.4. The summed E-state index contributed by atoms with van der Waals surface area (Å²) in [5, 5.41) is 17.2. The van der Waals surface area contributed by atoms with Gasteiger partial charge in [-0.05, 0) is 44.4 Å². The van der Waals surface area contributed by atoms with E-state index in [-0.39, 0.29) is 5.57 Å². The first-order chi connectivity index (χ1) is 12.6. The van der Waals surface area contributed by atoms with Crippen LogP contribution >= 0.6 is 0 Å². The van der Waals surface area contributed by atoms with E-state index < -0.39 is 17.6 Å². The summed E-state index contributed by atoms with van der Waals surface area (Å²) in [5.41, 5.74) is 1.18. The average Bonchev–Trinajstić information content (AvgIpc) is 2.56. The minimum Gasteiger partial charge on any atom is -0.444 e. The quantitative estimate of drug-likeness (QED) is 0.387. The molecule has 146 valence electrons. The molecule has 1 rings (SSSR count). The van der Waals surface area contributed by atoms with Crippen LogP contribution in [0.5, 0.6) is 0 Å². The number of hydrogen-bond acceptors (Lipinski definition) is 5. The molecule has 0 saturated carbocycles. The zero-order valence-electron chi connectivity index (χ0n) is 16.6. The Hall–Kier alpha value is -3.01. The normalized spacial score (nSPS) is 11.5. The van der Waals surface area contributed by atoms with Crippen LogP contribution < -0.4 is 16.0 Å². The zero-order valence-corrected chi connectivity index (χ0v) is 16.6. The van der Waals surface area contributed by atoms with Gasteiger partial charge in [0.1, 0.15) is 17.2 Å². The highest BCUT2D eigenvalue weighted by Gasteiger charge is 2.15. The van der Waals surface area contributed by atoms with Crippen molar-refractivity contribution in [1.29, 1.82) is 5.26 Å². The van der Waals surface area contributed by atoms with Gasteiger partial charge in [0.25, 0.3) is 5.91 Å². The number of amides is 2. The van der Waals surface area contributed by atoms with Crippen LogP contribution in [0.15, 0.2) is 36.0 Å². The van der Waals surface area contributed by atoms with Gasteiger partial charge in [-0.1, -0.05) is 26.0 Å². The van der Waals surface area contributed by atoms with E-state index in [0.717, 1.165) is 0 Å². The van der Waals surface area contributed by atoms with Crippen molar-refractivity contribution in [2.45, 2.75) is 46.1 Å². The molecule has 0 aliphatic heterocycles. The third kappa shape index (κ3) is 8.77. The number of rotatable bonds is 7. The summed E-state index contributed by atoms with van der Waals surface area (Å²) >= 11 is 0. The number of ether oxygens (including phenoxy) is 1. The van der Waals surface area contributed by atoms with E-state index in [1.165, 1.54) is 11.8 Å². The van der Waals surface area contributed by atoms with Crippen molar-refractivity contribution in [1.82, 2.24) is 10.6 Å². The van der Waals surface area contributed by atoms with Crippen molar-refractivity contribution >= 4 is 17.7 Å². The lowest BCUT2D eigenvalue weighted by Crippen LogP contribution is -2.35. The van der Waals surface area contributed by atoms with Crippen molar-refractivity contribution in [3.63, 3.8) is 0 Å². The lowest BCUT2D eigenvalue weighted by molar-refractivity contribution is -0.112. The Morgan fingerprint density at radius 2 is 1.81 bits per heavy atom. The van der Waals surface area contributed by atoms with Crippen LogP contribution in [0.1, 0.15) is 46.1 Å². The summed E-state index contributed by atoms with van der Waals surface area (Å²) in [4.78, 5) is 23.7. The summed E-state index contributed by atoms with van der Waals surface area (Å²) in [6, 6.07) is 9.35. The second-order valence-electron chi connectivity index (χ2n) is 7.28. The van der Waals surface area contributed by atoms with Crippen molar-refractivity contribution in [2.75, 3.05) is 18.4 Å². The Balaban J connectivity index is 2.46. The Morgan fingerprint density at radius 3 is 2.33 bits per heavy atom. The highest BCUT2D eigenvalue weighted by Crippen LogP contribution is 2.17. The number of nitrogens with zero attached hydrogens (tertiary/aromatic N) is 1. The van der Waals surface area contributed by atoms with Gasteiger partial charge in [-0.25, -0.2) is 4.79 Å². The van der Waals surface area contributed by atoms with Crippen molar-refractivity contribution in [3.8, 4) is 6.07 Å². The molecule has 0 bridgehead atoms. The van der Waals surface area contributed by atoms with Crippen LogP contribution in [0.4, 0.5) is 10.5 Å². The molecule has 0 aliphatic rings. The molecule has 0 aliphatic carbocycles. The highest BCUT2D eigenvalue weighted by atomic mass is 16.6. The van der Waals surface area contributed by atoms with E-state index in [4.69, 9.17) is 10.00 Å². The molecule has 7 heteroatoms. The molecule has 1 aromatic carbocycles. The monoisotopic (exact) mass is 372 g/mol. The van der Waals surface area contributed by atoms with Gasteiger partial charge >= 0.3 is 6.09 Å². The maximum absolute atomic E-state index is 12.2. The maximum Gasteiger partial charge on any atom is 0.407 e. The van der Waals surface area contributed by atoms with E-state index in [9.17, 15) is 9.59 Å². The standard InChI is InChI=1S/C20H28N4O3/c1-14(2)15-6-8-17(9-7-15)24-18(25)16(12-21)13-22-10-11-23-19(26)27-20(3,4)5/h6-9,13-14,22H,10-11H2,1-5H3,(H,23,26)(H,24,25)/b16-13-. The molecule has 0 spiro atoms. The fraction of sp³-hybridized carbons (Fsp3) is 0.450. The fourth-order valence-electron chi connectivity index (χ4n) is 2.02. The summed E-state index contributed by atoms with van der Waals surface area (Å²) in [6.07, 6.45) is 0.811. The molecule has 0 atom stereocenters. The number of hydrogen-bond donors (Lipinski definition) is 3. The number of alkyl carbamates (subject to hydrolysis) is 1. The van der Waals surface area contributed by atoms with Crippen LogP contribution in [0.25, 0.3) is 0 Å². The molecule has 7 nitrogen and oxygen atoms in total. The van der Waals surface area contributed by atoms with Crippen LogP contribution in [0.3, 0.4) is 0 Å². The minimum atomic E-state index is -0.559. The Kier molecular flexibility index (Phi) is 8.34. The topological polar surface area (TPSA) is 103 Å². The third-order valence-electron chi connectivity index (χ3n) is 3.38. The molecular weight excluding hydrogens is 344 g/mol. The summed E-state index contributed by atoms with van der Waals surface area (Å²) in [6.45, 7) is 10.2. The minimum absolute atomic E-state index is 0.0554. The highest BCUT2D eigenvalue weighted by molar-refractivity contribution is 6.06. The lowest BCUT2D eigenvalue weighted by atomic mass is 10.0. The van der Waals surface area contributed by atoms with E-state index in [1.54, 1.807) is 32.9 Å². The molecule has 0 heterocycles. The summed E-state index contributed by atoms with van der Waals surface area (Å²) in [7, 11) is 0. The van der Waals surface area contributed by atoms with Gasteiger partial charge in [0.05, 0.1) is 0 Å². The number of nitriles is 1. The summed E-state index contributed by atoms with van der Waals surface area (Å²) in [5.74, 6) is -0.0924.